The normalized spacial score (nSPS) is 28.6. The van der Waals surface area contributed by atoms with E-state index in [0.717, 1.165) is 5.56 Å². The lowest BCUT2D eigenvalue weighted by Crippen LogP contribution is -2.44. The minimum atomic E-state index is -3.83. The fraction of sp³-hybridized carbons (Fsp3) is 0.727. The molecule has 2 fully saturated rings. The molecule has 0 bridgehead atoms. The molecule has 0 saturated carbocycles. The molecule has 2 aliphatic heterocycles. The number of benzene rings is 1. The van der Waals surface area contributed by atoms with Crippen LogP contribution in [-0.4, -0.2) is 60.2 Å². The van der Waals surface area contributed by atoms with Crippen LogP contribution in [0.5, 0.6) is 0 Å². The third kappa shape index (κ3) is 5.96. The Morgan fingerprint density at radius 1 is 1.00 bits per heavy atom. The minimum absolute atomic E-state index is 0.0586. The van der Waals surface area contributed by atoms with Gasteiger partial charge in [0.2, 0.25) is 0 Å². The molecular formula is C22H36O7SSi. The molecule has 0 unspecified atom stereocenters. The maximum Gasteiger partial charge on any atom is 0.297 e. The molecule has 0 aliphatic carbocycles. The van der Waals surface area contributed by atoms with Gasteiger partial charge in [-0.05, 0) is 51.0 Å². The van der Waals surface area contributed by atoms with Crippen molar-refractivity contribution in [2.45, 2.75) is 94.8 Å². The van der Waals surface area contributed by atoms with Crippen molar-refractivity contribution in [3.63, 3.8) is 0 Å². The highest BCUT2D eigenvalue weighted by Crippen LogP contribution is 2.41. The van der Waals surface area contributed by atoms with Crippen LogP contribution in [0, 0.1) is 6.92 Å². The predicted octanol–water partition coefficient (Wildman–Crippen LogP) is 4.01. The summed E-state index contributed by atoms with van der Waals surface area (Å²) in [5, 5.41) is 0.0915. The Morgan fingerprint density at radius 3 is 2.19 bits per heavy atom. The highest BCUT2D eigenvalue weighted by atomic mass is 32.2. The van der Waals surface area contributed by atoms with Gasteiger partial charge in [0.05, 0.1) is 18.1 Å². The fourth-order valence-electron chi connectivity index (χ4n) is 3.29. The molecule has 0 amide bonds. The van der Waals surface area contributed by atoms with E-state index < -0.39 is 24.2 Å². The van der Waals surface area contributed by atoms with Crippen molar-refractivity contribution < 1.29 is 31.2 Å². The third-order valence-corrected chi connectivity index (χ3v) is 12.1. The lowest BCUT2D eigenvalue weighted by Gasteiger charge is -2.37. The summed E-state index contributed by atoms with van der Waals surface area (Å²) in [7, 11) is -5.77. The van der Waals surface area contributed by atoms with E-state index in [4.69, 9.17) is 22.8 Å². The van der Waals surface area contributed by atoms with Gasteiger partial charge in [0, 0.05) is 0 Å². The number of aryl methyl sites for hydroxylation is 1. The Hall–Kier alpha value is -0.813. The van der Waals surface area contributed by atoms with Crippen molar-refractivity contribution in [2.24, 2.45) is 0 Å². The molecule has 0 aromatic heterocycles. The highest BCUT2D eigenvalue weighted by Gasteiger charge is 2.56. The van der Waals surface area contributed by atoms with Crippen LogP contribution < -0.4 is 0 Å². The number of epoxide rings is 1. The minimum Gasteiger partial charge on any atom is -0.414 e. The van der Waals surface area contributed by atoms with Crippen LogP contribution >= 0.6 is 0 Å². The summed E-state index contributed by atoms with van der Waals surface area (Å²) in [6, 6.07) is 6.57. The molecular weight excluding hydrogens is 436 g/mol. The van der Waals surface area contributed by atoms with Crippen LogP contribution in [0.3, 0.4) is 0 Å². The van der Waals surface area contributed by atoms with Crippen LogP contribution in [0.4, 0.5) is 0 Å². The molecule has 0 radical (unpaired) electrons. The maximum atomic E-state index is 12.4. The molecule has 2 aliphatic rings. The monoisotopic (exact) mass is 472 g/mol. The topological polar surface area (TPSA) is 83.6 Å². The molecule has 0 N–H and O–H groups in total. The van der Waals surface area contributed by atoms with Gasteiger partial charge in [0.1, 0.15) is 24.4 Å². The van der Waals surface area contributed by atoms with Crippen molar-refractivity contribution in [2.75, 3.05) is 13.2 Å². The van der Waals surface area contributed by atoms with Gasteiger partial charge in [-0.25, -0.2) is 0 Å². The zero-order valence-electron chi connectivity index (χ0n) is 19.8. The Morgan fingerprint density at radius 2 is 1.61 bits per heavy atom. The van der Waals surface area contributed by atoms with E-state index in [9.17, 15) is 8.42 Å². The average Bonchev–Trinajstić information content (AvgIpc) is 3.34. The molecule has 1 aromatic carbocycles. The molecule has 0 spiro atoms. The van der Waals surface area contributed by atoms with E-state index in [1.807, 2.05) is 20.8 Å². The van der Waals surface area contributed by atoms with E-state index in [-0.39, 0.29) is 41.0 Å². The fourth-order valence-corrected chi connectivity index (χ4v) is 5.22. The van der Waals surface area contributed by atoms with Gasteiger partial charge >= 0.3 is 0 Å². The number of hydrogen-bond donors (Lipinski definition) is 0. The van der Waals surface area contributed by atoms with Crippen molar-refractivity contribution in [3.05, 3.63) is 29.8 Å². The molecule has 2 heterocycles. The first-order chi connectivity index (χ1) is 14.1. The van der Waals surface area contributed by atoms with Gasteiger partial charge in [-0.2, -0.15) is 8.42 Å². The first-order valence-corrected chi connectivity index (χ1v) is 15.0. The summed E-state index contributed by atoms with van der Waals surface area (Å²) >= 11 is 0. The molecule has 4 atom stereocenters. The summed E-state index contributed by atoms with van der Waals surface area (Å²) in [6.07, 6.45) is -1.27. The summed E-state index contributed by atoms with van der Waals surface area (Å²) in [6.45, 7) is 17.0. The number of ether oxygens (including phenoxy) is 3. The van der Waals surface area contributed by atoms with Crippen LogP contribution in [0.25, 0.3) is 0 Å². The van der Waals surface area contributed by atoms with E-state index in [1.165, 1.54) is 0 Å². The Labute approximate surface area is 187 Å². The summed E-state index contributed by atoms with van der Waals surface area (Å²) in [4.78, 5) is 0.137. The second-order valence-electron chi connectivity index (χ2n) is 10.4. The average molecular weight is 473 g/mol. The number of rotatable bonds is 8. The van der Waals surface area contributed by atoms with Crippen molar-refractivity contribution in [1.82, 2.24) is 0 Å². The smallest absolute Gasteiger partial charge is 0.297 e. The molecule has 9 heteroatoms. The lowest BCUT2D eigenvalue weighted by atomic mass is 10.1. The zero-order valence-corrected chi connectivity index (χ0v) is 21.6. The predicted molar refractivity (Wildman–Crippen MR) is 120 cm³/mol. The Balaban J connectivity index is 1.58. The van der Waals surface area contributed by atoms with Crippen LogP contribution in [-0.2, 0) is 32.9 Å². The molecule has 3 rings (SSSR count). The van der Waals surface area contributed by atoms with Crippen molar-refractivity contribution in [1.29, 1.82) is 0 Å². The van der Waals surface area contributed by atoms with Crippen molar-refractivity contribution in [3.8, 4) is 0 Å². The van der Waals surface area contributed by atoms with Gasteiger partial charge in [-0.1, -0.05) is 38.5 Å². The summed E-state index contributed by atoms with van der Waals surface area (Å²) in [5.74, 6) is -0.753. The SMILES string of the molecule is Cc1ccc(S(=O)(=O)OC[C@H]2O[C@H]2[C@@H]2OC(C)(C)O[C@H]2CO[Si](C)(C)C(C)(C)C)cc1. The van der Waals surface area contributed by atoms with Gasteiger partial charge in [0.25, 0.3) is 10.1 Å². The summed E-state index contributed by atoms with van der Waals surface area (Å²) < 4.78 is 54.3. The first-order valence-electron chi connectivity index (χ1n) is 10.7. The molecule has 1 aromatic rings. The Bertz CT molecular complexity index is 874. The van der Waals surface area contributed by atoms with E-state index >= 15 is 0 Å². The first kappa shape index (κ1) is 24.8. The van der Waals surface area contributed by atoms with Gasteiger partial charge in [-0.15, -0.1) is 0 Å². The van der Waals surface area contributed by atoms with Crippen LogP contribution in [0.1, 0.15) is 40.2 Å². The van der Waals surface area contributed by atoms with Gasteiger partial charge in [-0.3, -0.25) is 4.18 Å². The van der Waals surface area contributed by atoms with E-state index in [2.05, 4.69) is 33.9 Å². The zero-order chi connectivity index (χ0) is 23.2. The van der Waals surface area contributed by atoms with Gasteiger partial charge in [0.15, 0.2) is 14.1 Å². The maximum absolute atomic E-state index is 12.4. The molecule has 2 saturated heterocycles. The highest BCUT2D eigenvalue weighted by molar-refractivity contribution is 7.86. The van der Waals surface area contributed by atoms with Gasteiger partial charge < -0.3 is 18.6 Å². The molecule has 31 heavy (non-hydrogen) atoms. The number of hydrogen-bond acceptors (Lipinski definition) is 7. The molecule has 176 valence electrons. The second kappa shape index (κ2) is 8.51. The lowest BCUT2D eigenvalue weighted by molar-refractivity contribution is -0.150. The largest absolute Gasteiger partial charge is 0.414 e. The van der Waals surface area contributed by atoms with Crippen molar-refractivity contribution >= 4 is 18.4 Å². The van der Waals surface area contributed by atoms with Crippen LogP contribution in [0.15, 0.2) is 29.2 Å². The molecule has 7 nitrogen and oxygen atoms in total. The van der Waals surface area contributed by atoms with Crippen LogP contribution in [0.2, 0.25) is 18.1 Å². The Kier molecular flexibility index (Phi) is 6.82. The van der Waals surface area contributed by atoms with E-state index in [1.54, 1.807) is 24.3 Å². The standard InChI is InChI=1S/C22H36O7SSi/c1-15-9-11-16(12-10-15)30(23,24)25-13-17-19(27-17)20-18(28-22(5,6)29-20)14-26-31(7,8)21(2,3)4/h9-12,17-20H,13-14H2,1-8H3/t17-,18+,19-,20-/m1/s1. The quantitative estimate of drug-likeness (QED) is 0.321. The summed E-state index contributed by atoms with van der Waals surface area (Å²) in [5.41, 5.74) is 0.983. The third-order valence-electron chi connectivity index (χ3n) is 6.28. The van der Waals surface area contributed by atoms with E-state index in [0.29, 0.717) is 6.61 Å². The second-order valence-corrected chi connectivity index (χ2v) is 16.8.